The smallest absolute Gasteiger partial charge is 0.247 e. The van der Waals surface area contributed by atoms with Crippen LogP contribution in [0.4, 0.5) is 0 Å². The number of aliphatic hydroxyl groups excluding tert-OH is 2. The lowest BCUT2D eigenvalue weighted by Gasteiger charge is -2.41. The first-order chi connectivity index (χ1) is 20.8. The zero-order valence-electron chi connectivity index (χ0n) is 25.0. The van der Waals surface area contributed by atoms with Crippen molar-refractivity contribution in [2.75, 3.05) is 33.9 Å². The van der Waals surface area contributed by atoms with Gasteiger partial charge in [-0.15, -0.1) is 0 Å². The number of rotatable bonds is 14. The van der Waals surface area contributed by atoms with Crippen LogP contribution < -0.4 is 19.5 Å². The Morgan fingerprint density at radius 1 is 1.07 bits per heavy atom. The number of ether oxygens (including phenoxy) is 3. The van der Waals surface area contributed by atoms with Crippen LogP contribution in [-0.4, -0.2) is 79.1 Å². The van der Waals surface area contributed by atoms with Crippen LogP contribution in [0.2, 0.25) is 0 Å². The van der Waals surface area contributed by atoms with Gasteiger partial charge in [0.15, 0.2) is 0 Å². The molecule has 3 atom stereocenters. The van der Waals surface area contributed by atoms with Gasteiger partial charge in [-0.2, -0.15) is 0 Å². The van der Waals surface area contributed by atoms with E-state index in [0.29, 0.717) is 48.1 Å². The minimum absolute atomic E-state index is 0.0529. The highest BCUT2D eigenvalue weighted by molar-refractivity contribution is 14.1. The lowest BCUT2D eigenvalue weighted by atomic mass is 9.87. The number of para-hydroxylation sites is 1. The number of halogens is 1. The second-order valence-corrected chi connectivity index (χ2v) is 12.3. The van der Waals surface area contributed by atoms with Gasteiger partial charge >= 0.3 is 0 Å². The summed E-state index contributed by atoms with van der Waals surface area (Å²) in [4.78, 5) is 28.8. The van der Waals surface area contributed by atoms with Crippen molar-refractivity contribution in [3.8, 4) is 17.2 Å². The Labute approximate surface area is 267 Å². The number of nitrogens with one attached hydrogen (secondary N) is 1. The van der Waals surface area contributed by atoms with Gasteiger partial charge < -0.3 is 34.6 Å². The van der Waals surface area contributed by atoms with E-state index < -0.39 is 18.2 Å². The summed E-state index contributed by atoms with van der Waals surface area (Å²) in [5.41, 5.74) is 1.29. The molecular weight excluding hydrogens is 663 g/mol. The van der Waals surface area contributed by atoms with Crippen molar-refractivity contribution < 1.29 is 34.0 Å². The third-order valence-corrected chi connectivity index (χ3v) is 9.28. The van der Waals surface area contributed by atoms with E-state index >= 15 is 0 Å². The summed E-state index contributed by atoms with van der Waals surface area (Å²) in [5, 5.41) is 23.8. The van der Waals surface area contributed by atoms with E-state index in [1.54, 1.807) is 25.2 Å². The van der Waals surface area contributed by atoms with Crippen molar-refractivity contribution in [1.29, 1.82) is 0 Å². The molecule has 2 amide bonds. The first-order valence-corrected chi connectivity index (χ1v) is 16.1. The van der Waals surface area contributed by atoms with E-state index in [9.17, 15) is 19.8 Å². The summed E-state index contributed by atoms with van der Waals surface area (Å²) < 4.78 is 18.2. The average molecular weight is 707 g/mol. The molecule has 0 saturated heterocycles. The van der Waals surface area contributed by atoms with E-state index in [-0.39, 0.29) is 31.4 Å². The molecule has 0 aliphatic heterocycles. The lowest BCUT2D eigenvalue weighted by Crippen LogP contribution is -2.55. The van der Waals surface area contributed by atoms with Crippen LogP contribution in [0.25, 0.3) is 0 Å². The Hall–Kier alpha value is -2.83. The standard InChI is InChI=1S/C33H43IN2O7/c1-41-25-12-13-28(42-2)23(19-25)15-17-36(31(38)14-11-22-7-3-4-8-22)27-20-24(33(40)35-16-18-37)21-30(32(27)39)43-29-10-6-5-9-26(29)34/h5-6,9-10,12-13,19,21-22,27,30,32,37,39H,3-4,7-8,11,14-18,20H2,1-2H3,(H,35,40)/t27-,30+,32+/m1/s1. The van der Waals surface area contributed by atoms with Gasteiger partial charge in [0.1, 0.15) is 29.5 Å². The van der Waals surface area contributed by atoms with Gasteiger partial charge in [-0.25, -0.2) is 0 Å². The number of carbonyl (C=O) groups is 2. The van der Waals surface area contributed by atoms with Crippen molar-refractivity contribution in [2.45, 2.75) is 69.6 Å². The molecule has 0 bridgehead atoms. The summed E-state index contributed by atoms with van der Waals surface area (Å²) in [5.74, 6) is 2.09. The van der Waals surface area contributed by atoms with Crippen molar-refractivity contribution in [1.82, 2.24) is 10.2 Å². The van der Waals surface area contributed by atoms with Gasteiger partial charge in [0, 0.05) is 31.5 Å². The molecule has 3 N–H and O–H groups in total. The van der Waals surface area contributed by atoms with Crippen LogP contribution >= 0.6 is 22.6 Å². The molecule has 2 aromatic carbocycles. The maximum Gasteiger partial charge on any atom is 0.247 e. The molecule has 2 aliphatic carbocycles. The van der Waals surface area contributed by atoms with Crippen LogP contribution in [0.1, 0.15) is 50.5 Å². The zero-order chi connectivity index (χ0) is 30.8. The SMILES string of the molecule is COc1ccc(OC)c(CCN(C(=O)CCC2CCCC2)[C@@H]2CC(C(=O)NCCO)=C[C@H](Oc3ccccc3I)[C@H]2O)c1. The van der Waals surface area contributed by atoms with Gasteiger partial charge in [0.2, 0.25) is 11.8 Å². The predicted molar refractivity (Wildman–Crippen MR) is 172 cm³/mol. The number of methoxy groups -OCH3 is 2. The van der Waals surface area contributed by atoms with Gasteiger partial charge in [-0.3, -0.25) is 9.59 Å². The minimum atomic E-state index is -1.08. The Morgan fingerprint density at radius 2 is 1.84 bits per heavy atom. The summed E-state index contributed by atoms with van der Waals surface area (Å²) >= 11 is 2.17. The molecule has 0 heterocycles. The highest BCUT2D eigenvalue weighted by atomic mass is 127. The summed E-state index contributed by atoms with van der Waals surface area (Å²) in [6.07, 6.45) is 6.21. The van der Waals surface area contributed by atoms with Crippen molar-refractivity contribution in [3.63, 3.8) is 0 Å². The van der Waals surface area contributed by atoms with Gasteiger partial charge in [0.25, 0.3) is 0 Å². The van der Waals surface area contributed by atoms with E-state index in [1.165, 1.54) is 12.8 Å². The van der Waals surface area contributed by atoms with E-state index in [2.05, 4.69) is 27.9 Å². The lowest BCUT2D eigenvalue weighted by molar-refractivity contribution is -0.138. The summed E-state index contributed by atoms with van der Waals surface area (Å²) in [6, 6.07) is 12.3. The minimum Gasteiger partial charge on any atom is -0.497 e. The first kappa shape index (κ1) is 33.1. The Balaban J connectivity index is 1.64. The quantitative estimate of drug-likeness (QED) is 0.252. The summed E-state index contributed by atoms with van der Waals surface area (Å²) in [7, 11) is 3.21. The molecule has 1 saturated carbocycles. The third-order valence-electron chi connectivity index (χ3n) is 8.39. The molecule has 2 aliphatic rings. The Kier molecular flexibility index (Phi) is 12.5. The molecule has 234 valence electrons. The van der Waals surface area contributed by atoms with Crippen molar-refractivity contribution in [2.24, 2.45) is 5.92 Å². The normalized spacial score (nSPS) is 20.3. The fraction of sp³-hybridized carbons (Fsp3) is 0.515. The van der Waals surface area contributed by atoms with Crippen LogP contribution in [0, 0.1) is 9.49 Å². The van der Waals surface area contributed by atoms with Crippen LogP contribution in [0.15, 0.2) is 54.1 Å². The molecule has 0 spiro atoms. The van der Waals surface area contributed by atoms with E-state index in [4.69, 9.17) is 14.2 Å². The number of amides is 2. The highest BCUT2D eigenvalue weighted by Gasteiger charge is 2.40. The second-order valence-electron chi connectivity index (χ2n) is 11.2. The van der Waals surface area contributed by atoms with Gasteiger partial charge in [-0.05, 0) is 83.3 Å². The molecule has 0 radical (unpaired) electrons. The average Bonchev–Trinajstić information content (AvgIpc) is 3.55. The number of nitrogens with zero attached hydrogens (tertiary/aromatic N) is 1. The molecule has 4 rings (SSSR count). The third kappa shape index (κ3) is 8.86. The van der Waals surface area contributed by atoms with Crippen LogP contribution in [-0.2, 0) is 16.0 Å². The Bertz CT molecular complexity index is 1260. The maximum absolute atomic E-state index is 14.0. The molecule has 1 fully saturated rings. The highest BCUT2D eigenvalue weighted by Crippen LogP contribution is 2.33. The monoisotopic (exact) mass is 706 g/mol. The molecule has 43 heavy (non-hydrogen) atoms. The first-order valence-electron chi connectivity index (χ1n) is 15.0. The summed E-state index contributed by atoms with van der Waals surface area (Å²) in [6.45, 7) is 0.225. The number of carbonyl (C=O) groups excluding carboxylic acids is 2. The fourth-order valence-corrected chi connectivity index (χ4v) is 6.54. The van der Waals surface area contributed by atoms with E-state index in [1.807, 2.05) is 42.5 Å². The van der Waals surface area contributed by atoms with Crippen LogP contribution in [0.3, 0.4) is 0 Å². The molecule has 2 aromatic rings. The van der Waals surface area contributed by atoms with Gasteiger partial charge in [0.05, 0.1) is 30.4 Å². The predicted octanol–water partition coefficient (Wildman–Crippen LogP) is 4.27. The van der Waals surface area contributed by atoms with Crippen molar-refractivity contribution in [3.05, 3.63) is 63.2 Å². The molecule has 0 unspecified atom stereocenters. The van der Waals surface area contributed by atoms with E-state index in [0.717, 1.165) is 28.4 Å². The second kappa shape index (κ2) is 16.3. The number of hydrogen-bond acceptors (Lipinski definition) is 7. The fourth-order valence-electron chi connectivity index (χ4n) is 6.03. The maximum atomic E-state index is 14.0. The Morgan fingerprint density at radius 3 is 2.53 bits per heavy atom. The molecule has 0 aromatic heterocycles. The molecule has 10 heteroatoms. The van der Waals surface area contributed by atoms with Crippen molar-refractivity contribution >= 4 is 34.4 Å². The number of hydrogen-bond donors (Lipinski definition) is 3. The van der Waals surface area contributed by atoms with Crippen LogP contribution in [0.5, 0.6) is 17.2 Å². The number of benzene rings is 2. The topological polar surface area (TPSA) is 118 Å². The largest absolute Gasteiger partial charge is 0.497 e. The molecule has 9 nitrogen and oxygen atoms in total. The van der Waals surface area contributed by atoms with Gasteiger partial charge in [-0.1, -0.05) is 37.8 Å². The zero-order valence-corrected chi connectivity index (χ0v) is 27.1. The number of aliphatic hydroxyl groups is 2. The molecular formula is C33H43IN2O7.